The second kappa shape index (κ2) is 14.4. The summed E-state index contributed by atoms with van der Waals surface area (Å²) in [5.41, 5.74) is -2.11. The lowest BCUT2D eigenvalue weighted by molar-refractivity contribution is -0.141. The number of carbonyl (C=O) groups excluding carboxylic acids is 5. The summed E-state index contributed by atoms with van der Waals surface area (Å²) in [4.78, 5) is 69.0. The maximum Gasteiger partial charge on any atom is 0.408 e. The van der Waals surface area contributed by atoms with Crippen LogP contribution in [0.15, 0.2) is 36.4 Å². The van der Waals surface area contributed by atoms with Gasteiger partial charge >= 0.3 is 12.1 Å². The number of fused-ring (bicyclic) bond motifs is 2. The molecule has 5 atom stereocenters. The lowest BCUT2D eigenvalue weighted by atomic mass is 10.0. The Morgan fingerprint density at radius 3 is 2.39 bits per heavy atom. The lowest BCUT2D eigenvalue weighted by Crippen LogP contribution is -2.58. The predicted molar refractivity (Wildman–Crippen MR) is 177 cm³/mol. The summed E-state index contributed by atoms with van der Waals surface area (Å²) >= 11 is 0. The van der Waals surface area contributed by atoms with Crippen LogP contribution in [0.2, 0.25) is 0 Å². The number of ether oxygens (including phenoxy) is 3. The van der Waals surface area contributed by atoms with Crippen molar-refractivity contribution >= 4 is 39.8 Å². The largest absolute Gasteiger partial charge is 0.497 e. The Morgan fingerprint density at radius 1 is 1.02 bits per heavy atom. The maximum absolute atomic E-state index is 14.2. The zero-order chi connectivity index (χ0) is 35.6. The van der Waals surface area contributed by atoms with Gasteiger partial charge in [0, 0.05) is 12.3 Å². The van der Waals surface area contributed by atoms with Gasteiger partial charge in [0.2, 0.25) is 21.8 Å². The van der Waals surface area contributed by atoms with Crippen molar-refractivity contribution in [3.63, 3.8) is 0 Å². The summed E-state index contributed by atoms with van der Waals surface area (Å²) in [6, 6.07) is 4.04. The van der Waals surface area contributed by atoms with Gasteiger partial charge in [0.25, 0.3) is 5.91 Å². The maximum atomic E-state index is 14.2. The molecule has 3 fully saturated rings. The van der Waals surface area contributed by atoms with Crippen LogP contribution in [0, 0.1) is 5.92 Å². The van der Waals surface area contributed by atoms with Gasteiger partial charge in [-0.1, -0.05) is 25.0 Å². The molecule has 5 rings (SSSR count). The number of rotatable bonds is 7. The van der Waals surface area contributed by atoms with Crippen LogP contribution in [0.3, 0.4) is 0 Å². The zero-order valence-electron chi connectivity index (χ0n) is 28.4. The molecule has 15 heteroatoms. The fourth-order valence-electron chi connectivity index (χ4n) is 6.24. The molecule has 5 unspecified atom stereocenters. The second-order valence-corrected chi connectivity index (χ2v) is 16.2. The van der Waals surface area contributed by atoms with Gasteiger partial charge in [-0.2, -0.15) is 0 Å². The summed E-state index contributed by atoms with van der Waals surface area (Å²) in [5.74, 6) is -2.66. The van der Waals surface area contributed by atoms with Crippen molar-refractivity contribution in [1.29, 1.82) is 0 Å². The topological polar surface area (TPSA) is 187 Å². The van der Waals surface area contributed by atoms with Crippen molar-refractivity contribution in [3.8, 4) is 5.75 Å². The van der Waals surface area contributed by atoms with Crippen LogP contribution >= 0.6 is 0 Å². The Kier molecular flexibility index (Phi) is 10.6. The van der Waals surface area contributed by atoms with E-state index in [9.17, 15) is 32.4 Å². The Bertz CT molecular complexity index is 1580. The van der Waals surface area contributed by atoms with E-state index in [1.54, 1.807) is 32.9 Å². The fraction of sp³-hybridized carbons (Fsp3) is 0.618. The monoisotopic (exact) mass is 702 g/mol. The smallest absolute Gasteiger partial charge is 0.408 e. The molecule has 3 N–H and O–H groups in total. The second-order valence-electron chi connectivity index (χ2n) is 14.2. The third-order valence-electron chi connectivity index (χ3n) is 9.13. The summed E-state index contributed by atoms with van der Waals surface area (Å²) < 4.78 is 43.9. The normalized spacial score (nSPS) is 28.4. The molecule has 2 aliphatic carbocycles. The molecular formula is C34H46N4O10S. The van der Waals surface area contributed by atoms with E-state index in [2.05, 4.69) is 15.4 Å². The number of benzene rings is 1. The number of amides is 4. The van der Waals surface area contributed by atoms with Gasteiger partial charge in [-0.05, 0) is 83.6 Å². The van der Waals surface area contributed by atoms with Crippen molar-refractivity contribution in [2.75, 3.05) is 13.7 Å². The minimum absolute atomic E-state index is 0.0861. The summed E-state index contributed by atoms with van der Waals surface area (Å²) in [5, 5.41) is 4.82. The van der Waals surface area contributed by atoms with E-state index >= 15 is 0 Å². The van der Waals surface area contributed by atoms with Gasteiger partial charge in [-0.25, -0.2) is 18.0 Å². The Hall–Kier alpha value is -4.14. The van der Waals surface area contributed by atoms with E-state index in [1.807, 2.05) is 12.2 Å². The van der Waals surface area contributed by atoms with Crippen LogP contribution in [0.4, 0.5) is 4.79 Å². The number of hydrogen-bond donors (Lipinski definition) is 3. The number of alkyl carbamates (subject to hydrolysis) is 1. The number of allylic oxidation sites excluding steroid dienone is 1. The minimum Gasteiger partial charge on any atom is -0.497 e. The number of nitrogens with one attached hydrogen (secondary N) is 3. The molecule has 0 aromatic heterocycles. The van der Waals surface area contributed by atoms with Crippen molar-refractivity contribution in [1.82, 2.24) is 20.3 Å². The first-order valence-corrected chi connectivity index (χ1v) is 18.4. The lowest BCUT2D eigenvalue weighted by Gasteiger charge is -2.30. The number of esters is 1. The molecule has 2 aliphatic heterocycles. The van der Waals surface area contributed by atoms with Crippen LogP contribution in [0.1, 0.15) is 88.9 Å². The van der Waals surface area contributed by atoms with E-state index in [1.165, 1.54) is 24.1 Å². The van der Waals surface area contributed by atoms with E-state index in [-0.39, 0.29) is 31.4 Å². The Morgan fingerprint density at radius 2 is 1.73 bits per heavy atom. The van der Waals surface area contributed by atoms with Gasteiger partial charge in [0.05, 0.1) is 24.5 Å². The highest BCUT2D eigenvalue weighted by molar-refractivity contribution is 7.91. The highest BCUT2D eigenvalue weighted by atomic mass is 32.2. The van der Waals surface area contributed by atoms with Gasteiger partial charge < -0.3 is 29.7 Å². The van der Waals surface area contributed by atoms with Crippen molar-refractivity contribution in [2.24, 2.45) is 5.92 Å². The molecule has 2 saturated carbocycles. The SMILES string of the molecule is COc1ccc(C(=O)OC2CC3C(=O)NC4(C(=O)NS(=O)(=O)C5CC5)CC4/C=C\CCCCCC(NC(=O)OC(C)(C)C)C(=O)N3C2)cc1. The molecule has 1 aromatic rings. The van der Waals surface area contributed by atoms with E-state index in [0.717, 1.165) is 12.8 Å². The van der Waals surface area contributed by atoms with E-state index in [4.69, 9.17) is 14.2 Å². The van der Waals surface area contributed by atoms with Crippen LogP contribution < -0.4 is 20.1 Å². The number of hydrogen-bond acceptors (Lipinski definition) is 10. The van der Waals surface area contributed by atoms with Crippen molar-refractivity contribution in [3.05, 3.63) is 42.0 Å². The van der Waals surface area contributed by atoms with Crippen molar-refractivity contribution in [2.45, 2.75) is 113 Å². The molecule has 0 radical (unpaired) electrons. The predicted octanol–water partition coefficient (Wildman–Crippen LogP) is 2.72. The van der Waals surface area contributed by atoms with Crippen molar-refractivity contribution < 1.29 is 46.6 Å². The molecule has 0 bridgehead atoms. The molecule has 49 heavy (non-hydrogen) atoms. The molecule has 4 amide bonds. The van der Waals surface area contributed by atoms with Crippen LogP contribution in [-0.4, -0.2) is 91.3 Å². The Balaban J connectivity index is 1.42. The summed E-state index contributed by atoms with van der Waals surface area (Å²) in [6.45, 7) is 4.96. The molecular weight excluding hydrogens is 656 g/mol. The van der Waals surface area contributed by atoms with Gasteiger partial charge in [0.15, 0.2) is 0 Å². The van der Waals surface area contributed by atoms with Gasteiger partial charge in [0.1, 0.15) is 35.1 Å². The van der Waals surface area contributed by atoms with Gasteiger partial charge in [-0.15, -0.1) is 0 Å². The standard InChI is InChI=1S/C34H46N4O10S/c1-33(2,3)48-32(43)35-26-11-9-7-5-6-8-10-22-19-34(22,31(42)37-49(44,45)25-16-17-25)36-28(39)27-18-24(20-38(27)29(26)40)47-30(41)21-12-14-23(46-4)15-13-21/h8,10,12-15,22,24-27H,5-7,9,11,16-20H2,1-4H3,(H,35,43)(H,36,39)(H,37,42)/b10-8-. The zero-order valence-corrected chi connectivity index (χ0v) is 29.2. The number of carbonyl (C=O) groups is 5. The molecule has 1 saturated heterocycles. The van der Waals surface area contributed by atoms with Crippen LogP contribution in [0.25, 0.3) is 0 Å². The minimum atomic E-state index is -3.90. The summed E-state index contributed by atoms with van der Waals surface area (Å²) in [6.07, 6.45) is 6.12. The highest BCUT2D eigenvalue weighted by Gasteiger charge is 2.62. The number of sulfonamides is 1. The Labute approximate surface area is 286 Å². The van der Waals surface area contributed by atoms with E-state index < -0.39 is 80.3 Å². The summed E-state index contributed by atoms with van der Waals surface area (Å²) in [7, 11) is -2.40. The third kappa shape index (κ3) is 8.91. The third-order valence-corrected chi connectivity index (χ3v) is 11.0. The first-order chi connectivity index (χ1) is 23.1. The molecule has 268 valence electrons. The fourth-order valence-corrected chi connectivity index (χ4v) is 7.61. The molecule has 14 nitrogen and oxygen atoms in total. The molecule has 4 aliphatic rings. The molecule has 2 heterocycles. The average Bonchev–Trinajstić information content (AvgIpc) is 3.95. The molecule has 0 spiro atoms. The van der Waals surface area contributed by atoms with Crippen LogP contribution in [0.5, 0.6) is 5.75 Å². The van der Waals surface area contributed by atoms with E-state index in [0.29, 0.717) is 31.4 Å². The first kappa shape index (κ1) is 36.1. The number of methoxy groups -OCH3 is 1. The quantitative estimate of drug-likeness (QED) is 0.282. The average molecular weight is 703 g/mol. The van der Waals surface area contributed by atoms with Crippen LogP contribution in [-0.2, 0) is 33.9 Å². The van der Waals surface area contributed by atoms with Gasteiger partial charge in [-0.3, -0.25) is 19.1 Å². The first-order valence-electron chi connectivity index (χ1n) is 16.8. The number of nitrogens with zero attached hydrogens (tertiary/aromatic N) is 1. The molecule has 1 aromatic carbocycles. The highest BCUT2D eigenvalue weighted by Crippen LogP contribution is 2.46.